The van der Waals surface area contributed by atoms with Gasteiger partial charge in [-0.2, -0.15) is 5.26 Å². The molecule has 2 rings (SSSR count). The lowest BCUT2D eigenvalue weighted by atomic mass is 10.2. The smallest absolute Gasteiger partial charge is 0.197 e. The van der Waals surface area contributed by atoms with E-state index in [9.17, 15) is 8.42 Å². The second-order valence-electron chi connectivity index (χ2n) is 4.11. The largest absolute Gasteiger partial charge is 0.316 e. The normalized spacial score (nSPS) is 20.1. The molecule has 1 atom stereocenters. The Balaban J connectivity index is 2.28. The molecule has 0 bridgehead atoms. The number of nitrogens with one attached hydrogen (secondary N) is 1. The molecule has 2 heterocycles. The summed E-state index contributed by atoms with van der Waals surface area (Å²) < 4.78 is 24.3. The molecule has 0 unspecified atom stereocenters. The van der Waals surface area contributed by atoms with Crippen molar-refractivity contribution in [3.63, 3.8) is 0 Å². The van der Waals surface area contributed by atoms with Crippen molar-refractivity contribution in [1.29, 1.82) is 5.26 Å². The maximum atomic E-state index is 12.1. The molecule has 1 fully saturated rings. The van der Waals surface area contributed by atoms with Gasteiger partial charge in [0.1, 0.15) is 6.07 Å². The van der Waals surface area contributed by atoms with E-state index in [1.54, 1.807) is 6.07 Å². The van der Waals surface area contributed by atoms with Gasteiger partial charge in [-0.25, -0.2) is 13.4 Å². The molecule has 1 aliphatic heterocycles. The van der Waals surface area contributed by atoms with E-state index in [4.69, 9.17) is 5.26 Å². The molecule has 0 amide bonds. The van der Waals surface area contributed by atoms with Gasteiger partial charge < -0.3 is 5.32 Å². The highest BCUT2D eigenvalue weighted by Gasteiger charge is 2.26. The van der Waals surface area contributed by atoms with Crippen LogP contribution in [0.1, 0.15) is 12.0 Å². The van der Waals surface area contributed by atoms with Crippen LogP contribution in [0.5, 0.6) is 0 Å². The number of hydrogen-bond acceptors (Lipinski definition) is 5. The average Bonchev–Trinajstić information content (AvgIpc) is 2.81. The van der Waals surface area contributed by atoms with E-state index in [0.717, 1.165) is 13.0 Å². The zero-order chi connectivity index (χ0) is 12.3. The Morgan fingerprint density at radius 1 is 1.59 bits per heavy atom. The van der Waals surface area contributed by atoms with Gasteiger partial charge in [0.25, 0.3) is 0 Å². The minimum Gasteiger partial charge on any atom is -0.316 e. The van der Waals surface area contributed by atoms with Gasteiger partial charge in [-0.15, -0.1) is 0 Å². The summed E-state index contributed by atoms with van der Waals surface area (Å²) in [5, 5.41) is 11.9. The maximum Gasteiger partial charge on any atom is 0.197 e. The van der Waals surface area contributed by atoms with E-state index in [-0.39, 0.29) is 22.3 Å². The first-order valence-electron chi connectivity index (χ1n) is 5.42. The van der Waals surface area contributed by atoms with Crippen LogP contribution in [-0.4, -0.2) is 32.2 Å². The quantitative estimate of drug-likeness (QED) is 0.837. The summed E-state index contributed by atoms with van der Waals surface area (Å²) in [6, 6.07) is 4.91. The van der Waals surface area contributed by atoms with E-state index in [1.807, 2.05) is 6.07 Å². The highest BCUT2D eigenvalue weighted by atomic mass is 32.2. The van der Waals surface area contributed by atoms with Crippen LogP contribution in [0.2, 0.25) is 0 Å². The van der Waals surface area contributed by atoms with Gasteiger partial charge in [0.05, 0.1) is 11.3 Å². The van der Waals surface area contributed by atoms with Crippen molar-refractivity contribution in [3.8, 4) is 6.07 Å². The zero-order valence-electron chi connectivity index (χ0n) is 9.26. The molecule has 1 aliphatic rings. The molecular weight excluding hydrogens is 238 g/mol. The molecule has 0 aliphatic carbocycles. The summed E-state index contributed by atoms with van der Waals surface area (Å²) in [5.74, 6) is 0.180. The third-order valence-corrected chi connectivity index (χ3v) is 4.63. The van der Waals surface area contributed by atoms with E-state index >= 15 is 0 Å². The number of hydrogen-bond donors (Lipinski definition) is 1. The molecular formula is C11H13N3O2S. The monoisotopic (exact) mass is 251 g/mol. The van der Waals surface area contributed by atoms with E-state index in [0.29, 0.717) is 6.54 Å². The van der Waals surface area contributed by atoms with Crippen LogP contribution in [-0.2, 0) is 9.84 Å². The maximum absolute atomic E-state index is 12.1. The van der Waals surface area contributed by atoms with Crippen LogP contribution >= 0.6 is 0 Å². The Bertz CT molecular complexity index is 542. The predicted molar refractivity (Wildman–Crippen MR) is 62.0 cm³/mol. The Kier molecular flexibility index (Phi) is 3.41. The molecule has 90 valence electrons. The lowest BCUT2D eigenvalue weighted by molar-refractivity contribution is 0.567. The van der Waals surface area contributed by atoms with Crippen LogP contribution in [0.15, 0.2) is 23.4 Å². The van der Waals surface area contributed by atoms with Gasteiger partial charge in [-0.3, -0.25) is 0 Å². The summed E-state index contributed by atoms with van der Waals surface area (Å²) in [6.45, 7) is 1.57. The summed E-state index contributed by atoms with van der Waals surface area (Å²) in [4.78, 5) is 3.83. The third-order valence-electron chi connectivity index (χ3n) is 2.80. The molecule has 1 aromatic heterocycles. The van der Waals surface area contributed by atoms with E-state index in [2.05, 4.69) is 10.3 Å². The van der Waals surface area contributed by atoms with Crippen LogP contribution in [0, 0.1) is 17.2 Å². The van der Waals surface area contributed by atoms with Crippen molar-refractivity contribution < 1.29 is 8.42 Å². The second-order valence-corrected chi connectivity index (χ2v) is 6.06. The second kappa shape index (κ2) is 4.82. The van der Waals surface area contributed by atoms with Gasteiger partial charge in [0.15, 0.2) is 14.9 Å². The first kappa shape index (κ1) is 12.0. The Morgan fingerprint density at radius 3 is 3.06 bits per heavy atom. The molecule has 17 heavy (non-hydrogen) atoms. The topological polar surface area (TPSA) is 82.8 Å². The van der Waals surface area contributed by atoms with Crippen LogP contribution in [0.4, 0.5) is 0 Å². The lowest BCUT2D eigenvalue weighted by Crippen LogP contribution is -2.20. The fraction of sp³-hybridized carbons (Fsp3) is 0.455. The molecule has 0 saturated carbocycles. The molecule has 1 aromatic rings. The number of pyridine rings is 1. The molecule has 1 N–H and O–H groups in total. The van der Waals surface area contributed by atoms with Crippen LogP contribution in [0.3, 0.4) is 0 Å². The number of sulfone groups is 1. The van der Waals surface area contributed by atoms with E-state index < -0.39 is 9.84 Å². The van der Waals surface area contributed by atoms with Crippen LogP contribution < -0.4 is 5.32 Å². The van der Waals surface area contributed by atoms with Gasteiger partial charge in [0, 0.05) is 6.20 Å². The van der Waals surface area contributed by atoms with Gasteiger partial charge in [-0.1, -0.05) is 0 Å². The molecule has 6 heteroatoms. The fourth-order valence-corrected chi connectivity index (χ4v) is 3.70. The molecule has 0 spiro atoms. The summed E-state index contributed by atoms with van der Waals surface area (Å²) in [7, 11) is -3.46. The molecule has 5 nitrogen and oxygen atoms in total. The Morgan fingerprint density at radius 2 is 2.41 bits per heavy atom. The highest BCUT2D eigenvalue weighted by Crippen LogP contribution is 2.18. The number of nitrogens with zero attached hydrogens (tertiary/aromatic N) is 2. The van der Waals surface area contributed by atoms with Crippen molar-refractivity contribution in [3.05, 3.63) is 23.9 Å². The fourth-order valence-electron chi connectivity index (χ4n) is 1.97. The van der Waals surface area contributed by atoms with Crippen molar-refractivity contribution in [2.45, 2.75) is 11.4 Å². The minimum absolute atomic E-state index is 0.0612. The third kappa shape index (κ3) is 2.62. The van der Waals surface area contributed by atoms with Crippen molar-refractivity contribution >= 4 is 9.84 Å². The predicted octanol–water partition coefficient (Wildman–Crippen LogP) is 0.336. The number of nitriles is 1. The first-order chi connectivity index (χ1) is 8.13. The Labute approximate surface area is 100 Å². The van der Waals surface area contributed by atoms with Gasteiger partial charge in [-0.05, 0) is 37.6 Å². The van der Waals surface area contributed by atoms with Crippen LogP contribution in [0.25, 0.3) is 0 Å². The average molecular weight is 251 g/mol. The van der Waals surface area contributed by atoms with Gasteiger partial charge >= 0.3 is 0 Å². The van der Waals surface area contributed by atoms with E-state index in [1.165, 1.54) is 12.3 Å². The lowest BCUT2D eigenvalue weighted by Gasteiger charge is -2.09. The van der Waals surface area contributed by atoms with Crippen molar-refractivity contribution in [2.75, 3.05) is 18.8 Å². The zero-order valence-corrected chi connectivity index (χ0v) is 10.1. The highest BCUT2D eigenvalue weighted by molar-refractivity contribution is 7.91. The minimum atomic E-state index is -3.46. The van der Waals surface area contributed by atoms with Crippen molar-refractivity contribution in [1.82, 2.24) is 10.3 Å². The summed E-state index contributed by atoms with van der Waals surface area (Å²) >= 11 is 0. The standard InChI is InChI=1S/C11H13N3O2S/c12-6-10-2-1-4-14-11(10)17(15,16)8-9-3-5-13-7-9/h1-2,4,9,13H,3,5,7-8H2/t9-/m0/s1. The van der Waals surface area contributed by atoms with Crippen molar-refractivity contribution in [2.24, 2.45) is 5.92 Å². The summed E-state index contributed by atoms with van der Waals surface area (Å²) in [5.41, 5.74) is 0.124. The molecule has 1 saturated heterocycles. The summed E-state index contributed by atoms with van der Waals surface area (Å²) in [6.07, 6.45) is 2.26. The molecule has 0 radical (unpaired) electrons. The van der Waals surface area contributed by atoms with Gasteiger partial charge in [0.2, 0.25) is 0 Å². The number of rotatable bonds is 3. The first-order valence-corrected chi connectivity index (χ1v) is 7.07. The number of aromatic nitrogens is 1. The SMILES string of the molecule is N#Cc1cccnc1S(=O)(=O)C[C@H]1CCNC1. The Hall–Kier alpha value is -1.45. The molecule has 0 aromatic carbocycles.